The van der Waals surface area contributed by atoms with Crippen molar-refractivity contribution in [3.8, 4) is 34.1 Å². The number of hydrogen-bond donors (Lipinski definition) is 2. The number of thiol groups is 1. The second-order valence-corrected chi connectivity index (χ2v) is 6.50. The molecule has 1 N–H and O–H groups in total. The van der Waals surface area contributed by atoms with Crippen molar-refractivity contribution in [2.75, 3.05) is 6.79 Å². The highest BCUT2D eigenvalue weighted by Crippen LogP contribution is 2.40. The zero-order valence-electron chi connectivity index (χ0n) is 13.2. The molecule has 4 rings (SSSR count). The number of hydrogen-bond acceptors (Lipinski definition) is 6. The highest BCUT2D eigenvalue weighted by Gasteiger charge is 2.26. The molecule has 132 valence electrons. The van der Waals surface area contributed by atoms with E-state index in [1.54, 1.807) is 42.5 Å². The minimum atomic E-state index is -1.18. The van der Waals surface area contributed by atoms with Gasteiger partial charge in [-0.1, -0.05) is 23.7 Å². The summed E-state index contributed by atoms with van der Waals surface area (Å²) in [4.78, 5) is 15.6. The Morgan fingerprint density at radius 3 is 2.73 bits per heavy atom. The SMILES string of the molecule is O=C(O)C(S)c1nc(-c2ccc3c(c2)OCO3)c(-c2cccc(Cl)c2)o1. The first-order chi connectivity index (χ1) is 12.5. The van der Waals surface area contributed by atoms with Gasteiger partial charge >= 0.3 is 5.97 Å². The number of ether oxygens (including phenoxy) is 2. The third kappa shape index (κ3) is 3.00. The molecule has 0 bridgehead atoms. The van der Waals surface area contributed by atoms with Gasteiger partial charge in [-0.2, -0.15) is 12.6 Å². The lowest BCUT2D eigenvalue weighted by atomic mass is 10.1. The Morgan fingerprint density at radius 2 is 1.96 bits per heavy atom. The van der Waals surface area contributed by atoms with Crippen LogP contribution < -0.4 is 9.47 Å². The summed E-state index contributed by atoms with van der Waals surface area (Å²) < 4.78 is 16.5. The fraction of sp³-hybridized carbons (Fsp3) is 0.111. The van der Waals surface area contributed by atoms with E-state index < -0.39 is 11.2 Å². The second kappa shape index (κ2) is 6.59. The smallest absolute Gasteiger partial charge is 0.325 e. The van der Waals surface area contributed by atoms with Crippen LogP contribution in [0.2, 0.25) is 5.02 Å². The van der Waals surface area contributed by atoms with Gasteiger partial charge in [0.15, 0.2) is 22.5 Å². The van der Waals surface area contributed by atoms with Gasteiger partial charge in [-0.15, -0.1) is 0 Å². The number of fused-ring (bicyclic) bond motifs is 1. The number of aliphatic carboxylic acids is 1. The fourth-order valence-corrected chi connectivity index (χ4v) is 2.92. The van der Waals surface area contributed by atoms with Gasteiger partial charge in [0.05, 0.1) is 0 Å². The Morgan fingerprint density at radius 1 is 1.15 bits per heavy atom. The van der Waals surface area contributed by atoms with Crippen LogP contribution in [0.4, 0.5) is 0 Å². The molecule has 1 atom stereocenters. The number of aromatic nitrogens is 1. The molecule has 0 saturated heterocycles. The Balaban J connectivity index is 1.88. The largest absolute Gasteiger partial charge is 0.480 e. The zero-order chi connectivity index (χ0) is 18.3. The van der Waals surface area contributed by atoms with Gasteiger partial charge in [0.1, 0.15) is 5.69 Å². The molecule has 1 aliphatic heterocycles. The quantitative estimate of drug-likeness (QED) is 0.642. The van der Waals surface area contributed by atoms with Crippen LogP contribution >= 0.6 is 24.2 Å². The molecule has 2 aromatic carbocycles. The number of carboxylic acids is 1. The average Bonchev–Trinajstić information content (AvgIpc) is 3.27. The molecule has 8 heteroatoms. The van der Waals surface area contributed by atoms with Crippen LogP contribution in [-0.4, -0.2) is 22.9 Å². The van der Waals surface area contributed by atoms with Crippen molar-refractivity contribution in [2.24, 2.45) is 0 Å². The Kier molecular flexibility index (Phi) is 4.26. The number of rotatable bonds is 4. The highest BCUT2D eigenvalue weighted by molar-refractivity contribution is 7.81. The number of carboxylic acid groups (broad SMARTS) is 1. The van der Waals surface area contributed by atoms with Gasteiger partial charge in [0.2, 0.25) is 12.7 Å². The van der Waals surface area contributed by atoms with Crippen molar-refractivity contribution in [2.45, 2.75) is 5.25 Å². The van der Waals surface area contributed by atoms with E-state index in [2.05, 4.69) is 17.6 Å². The molecular weight excluding hydrogens is 378 g/mol. The summed E-state index contributed by atoms with van der Waals surface area (Å²) in [6, 6.07) is 12.4. The van der Waals surface area contributed by atoms with Crippen molar-refractivity contribution in [3.63, 3.8) is 0 Å². The molecule has 0 fully saturated rings. The zero-order valence-corrected chi connectivity index (χ0v) is 14.8. The van der Waals surface area contributed by atoms with Gasteiger partial charge in [0, 0.05) is 16.1 Å². The molecule has 0 radical (unpaired) electrons. The van der Waals surface area contributed by atoms with E-state index in [4.69, 9.17) is 25.5 Å². The van der Waals surface area contributed by atoms with E-state index in [9.17, 15) is 9.90 Å². The predicted octanol–water partition coefficient (Wildman–Crippen LogP) is 4.45. The second-order valence-electron chi connectivity index (χ2n) is 5.55. The lowest BCUT2D eigenvalue weighted by Gasteiger charge is -2.03. The first kappa shape index (κ1) is 16.8. The molecule has 0 amide bonds. The van der Waals surface area contributed by atoms with Crippen LogP contribution in [-0.2, 0) is 4.79 Å². The van der Waals surface area contributed by atoms with Crippen molar-refractivity contribution in [1.29, 1.82) is 0 Å². The number of oxazole rings is 1. The van der Waals surface area contributed by atoms with Crippen molar-refractivity contribution in [3.05, 3.63) is 53.4 Å². The number of carbonyl (C=O) groups is 1. The van der Waals surface area contributed by atoms with E-state index in [0.717, 1.165) is 0 Å². The summed E-state index contributed by atoms with van der Waals surface area (Å²) in [7, 11) is 0. The summed E-state index contributed by atoms with van der Waals surface area (Å²) in [6.07, 6.45) is 0. The van der Waals surface area contributed by atoms with Crippen LogP contribution in [0.3, 0.4) is 0 Å². The summed E-state index contributed by atoms with van der Waals surface area (Å²) >= 11 is 10.1. The van der Waals surface area contributed by atoms with E-state index in [1.807, 2.05) is 0 Å². The lowest BCUT2D eigenvalue weighted by Crippen LogP contribution is -2.05. The summed E-state index contributed by atoms with van der Waals surface area (Å²) in [6.45, 7) is 0.154. The predicted molar refractivity (Wildman–Crippen MR) is 97.9 cm³/mol. The minimum absolute atomic E-state index is 0.0107. The molecular formula is C18H12ClNO5S. The molecule has 3 aromatic rings. The number of benzene rings is 2. The summed E-state index contributed by atoms with van der Waals surface area (Å²) in [5.74, 6) is 0.471. The Bertz CT molecular complexity index is 1000. The maximum Gasteiger partial charge on any atom is 0.325 e. The third-order valence-electron chi connectivity index (χ3n) is 3.84. The summed E-state index contributed by atoms with van der Waals surface area (Å²) in [5, 5.41) is 8.55. The lowest BCUT2D eigenvalue weighted by molar-refractivity contribution is -0.136. The van der Waals surface area contributed by atoms with Crippen LogP contribution in [0, 0.1) is 0 Å². The van der Waals surface area contributed by atoms with Gasteiger partial charge in [-0.25, -0.2) is 4.98 Å². The molecule has 6 nitrogen and oxygen atoms in total. The van der Waals surface area contributed by atoms with E-state index in [1.165, 1.54) is 0 Å². The van der Waals surface area contributed by atoms with Gasteiger partial charge in [0.25, 0.3) is 0 Å². The van der Waals surface area contributed by atoms with E-state index >= 15 is 0 Å². The molecule has 0 aliphatic carbocycles. The maximum atomic E-state index is 11.3. The molecule has 1 unspecified atom stereocenters. The van der Waals surface area contributed by atoms with E-state index in [-0.39, 0.29) is 12.7 Å². The van der Waals surface area contributed by atoms with Crippen molar-refractivity contribution < 1.29 is 23.8 Å². The first-order valence-electron chi connectivity index (χ1n) is 7.60. The molecule has 2 heterocycles. The van der Waals surface area contributed by atoms with Gasteiger partial charge < -0.3 is 19.0 Å². The highest BCUT2D eigenvalue weighted by atomic mass is 35.5. The number of halogens is 1. The van der Waals surface area contributed by atoms with Crippen LogP contribution in [0.25, 0.3) is 22.6 Å². The standard InChI is InChI=1S/C18H12ClNO5S/c19-11-3-1-2-10(6-11)15-14(20-17(25-15)16(26)18(21)22)9-4-5-12-13(7-9)24-8-23-12/h1-7,16,26H,8H2,(H,21,22). The molecule has 1 aromatic heterocycles. The normalized spacial score (nSPS) is 13.6. The third-order valence-corrected chi connectivity index (χ3v) is 4.52. The average molecular weight is 390 g/mol. The molecule has 1 aliphatic rings. The summed E-state index contributed by atoms with van der Waals surface area (Å²) in [5.41, 5.74) is 1.85. The fourth-order valence-electron chi connectivity index (χ4n) is 2.62. The van der Waals surface area contributed by atoms with Crippen molar-refractivity contribution in [1.82, 2.24) is 4.98 Å². The monoisotopic (exact) mass is 389 g/mol. The van der Waals surface area contributed by atoms with Crippen LogP contribution in [0.5, 0.6) is 11.5 Å². The first-order valence-corrected chi connectivity index (χ1v) is 8.50. The maximum absolute atomic E-state index is 11.3. The Hall–Kier alpha value is -2.64. The molecule has 0 saturated carbocycles. The van der Waals surface area contributed by atoms with Gasteiger partial charge in [-0.3, -0.25) is 4.79 Å². The molecule has 26 heavy (non-hydrogen) atoms. The number of nitrogens with zero attached hydrogens (tertiary/aromatic N) is 1. The molecule has 0 spiro atoms. The van der Waals surface area contributed by atoms with Crippen LogP contribution in [0.1, 0.15) is 11.1 Å². The topological polar surface area (TPSA) is 81.8 Å². The van der Waals surface area contributed by atoms with Crippen LogP contribution in [0.15, 0.2) is 46.9 Å². The van der Waals surface area contributed by atoms with Crippen molar-refractivity contribution >= 4 is 30.2 Å². The Labute approximate surface area is 158 Å². The minimum Gasteiger partial charge on any atom is -0.480 e. The van der Waals surface area contributed by atoms with Gasteiger partial charge in [-0.05, 0) is 30.3 Å². The van der Waals surface area contributed by atoms with E-state index in [0.29, 0.717) is 39.1 Å².